The van der Waals surface area contributed by atoms with Crippen LogP contribution in [0.2, 0.25) is 0 Å². The van der Waals surface area contributed by atoms with Gasteiger partial charge in [-0.1, -0.05) is 6.92 Å². The summed E-state index contributed by atoms with van der Waals surface area (Å²) in [4.78, 5) is 0. The second-order valence-corrected chi connectivity index (χ2v) is 7.08. The van der Waals surface area contributed by atoms with Crippen LogP contribution in [-0.4, -0.2) is 47.3 Å². The van der Waals surface area contributed by atoms with Crippen molar-refractivity contribution >= 4 is 20.8 Å². The van der Waals surface area contributed by atoms with Gasteiger partial charge in [0.25, 0.3) is 0 Å². The van der Waals surface area contributed by atoms with Crippen LogP contribution in [0.3, 0.4) is 0 Å². The third-order valence-electron chi connectivity index (χ3n) is 2.05. The van der Waals surface area contributed by atoms with Gasteiger partial charge in [-0.3, -0.25) is 0 Å². The summed E-state index contributed by atoms with van der Waals surface area (Å²) in [5, 5.41) is 0. The highest BCUT2D eigenvalue weighted by Crippen LogP contribution is 2.06. The smallest absolute Gasteiger partial charge is 0.151 e. The van der Waals surface area contributed by atoms with Gasteiger partial charge >= 0.3 is 0 Å². The molecule has 0 N–H and O–H groups in total. The first-order valence-electron chi connectivity index (χ1n) is 4.39. The van der Waals surface area contributed by atoms with Crippen molar-refractivity contribution in [2.45, 2.75) is 13.3 Å². The van der Waals surface area contributed by atoms with Crippen molar-refractivity contribution < 1.29 is 12.6 Å². The zero-order valence-corrected chi connectivity index (χ0v) is 9.36. The minimum Gasteiger partial charge on any atom is -0.243 e. The Morgan fingerprint density at radius 1 is 1.31 bits per heavy atom. The summed E-state index contributed by atoms with van der Waals surface area (Å²) in [6.07, 6.45) is 0.605. The quantitative estimate of drug-likeness (QED) is 0.653. The molecule has 1 rings (SSSR count). The molecule has 1 aliphatic rings. The summed E-state index contributed by atoms with van der Waals surface area (Å²) >= 11 is 0. The van der Waals surface area contributed by atoms with Gasteiger partial charge in [0.15, 0.2) is 9.84 Å². The molecule has 0 amide bonds. The van der Waals surface area contributed by atoms with Crippen molar-refractivity contribution in [1.82, 2.24) is 4.31 Å². The van der Waals surface area contributed by atoms with Crippen molar-refractivity contribution in [3.8, 4) is 0 Å². The molecule has 0 aliphatic carbocycles. The van der Waals surface area contributed by atoms with E-state index in [2.05, 4.69) is 0 Å². The average Bonchev–Trinajstić information content (AvgIpc) is 2.25. The van der Waals surface area contributed by atoms with Gasteiger partial charge in [0, 0.05) is 18.8 Å². The van der Waals surface area contributed by atoms with Gasteiger partial charge in [0.2, 0.25) is 0 Å². The summed E-state index contributed by atoms with van der Waals surface area (Å²) in [7, 11) is -3.86. The fourth-order valence-electron chi connectivity index (χ4n) is 1.30. The zero-order valence-electron chi connectivity index (χ0n) is 7.73. The van der Waals surface area contributed by atoms with Gasteiger partial charge in [-0.15, -0.1) is 0 Å². The van der Waals surface area contributed by atoms with E-state index in [0.29, 0.717) is 25.3 Å². The Morgan fingerprint density at radius 2 is 2.00 bits per heavy atom. The molecule has 0 aromatic rings. The van der Waals surface area contributed by atoms with Crippen LogP contribution >= 0.6 is 0 Å². The summed E-state index contributed by atoms with van der Waals surface area (Å²) in [5.74, 6) is 0.962. The van der Waals surface area contributed by atoms with E-state index in [9.17, 15) is 12.6 Å². The molecule has 1 atom stereocenters. The van der Waals surface area contributed by atoms with E-state index >= 15 is 0 Å². The third kappa shape index (κ3) is 3.36. The SMILES string of the molecule is CCS(=O)N1CCCS(=O)(=O)CC1. The summed E-state index contributed by atoms with van der Waals surface area (Å²) < 4.78 is 35.5. The van der Waals surface area contributed by atoms with Crippen LogP contribution in [0.25, 0.3) is 0 Å². The Balaban J connectivity index is 2.60. The van der Waals surface area contributed by atoms with Crippen LogP contribution in [0.4, 0.5) is 0 Å². The Bertz CT molecular complexity index is 286. The lowest BCUT2D eigenvalue weighted by atomic mass is 10.5. The predicted octanol–water partition coefficient (Wildman–Crippen LogP) is -0.210. The van der Waals surface area contributed by atoms with Crippen molar-refractivity contribution in [3.05, 3.63) is 0 Å². The second-order valence-electron chi connectivity index (χ2n) is 3.04. The first kappa shape index (κ1) is 11.1. The van der Waals surface area contributed by atoms with Gasteiger partial charge < -0.3 is 0 Å². The largest absolute Gasteiger partial charge is 0.243 e. The lowest BCUT2D eigenvalue weighted by molar-refractivity contribution is 0.475. The maximum absolute atomic E-state index is 11.4. The van der Waals surface area contributed by atoms with Gasteiger partial charge in [0.1, 0.15) is 0 Å². The van der Waals surface area contributed by atoms with E-state index in [0.717, 1.165) is 0 Å². The highest BCUT2D eigenvalue weighted by atomic mass is 32.2. The Morgan fingerprint density at radius 3 is 2.62 bits per heavy atom. The first-order valence-corrected chi connectivity index (χ1v) is 7.49. The molecule has 1 heterocycles. The van der Waals surface area contributed by atoms with E-state index in [1.54, 1.807) is 4.31 Å². The zero-order chi connectivity index (χ0) is 9.90. The minimum atomic E-state index is -2.87. The van der Waals surface area contributed by atoms with Crippen molar-refractivity contribution in [1.29, 1.82) is 0 Å². The van der Waals surface area contributed by atoms with Gasteiger partial charge in [-0.25, -0.2) is 16.9 Å². The summed E-state index contributed by atoms with van der Waals surface area (Å²) in [6.45, 7) is 2.90. The van der Waals surface area contributed by atoms with E-state index in [4.69, 9.17) is 0 Å². The number of rotatable bonds is 2. The molecule has 0 radical (unpaired) electrons. The van der Waals surface area contributed by atoms with Crippen LogP contribution in [0.5, 0.6) is 0 Å². The molecule has 1 unspecified atom stereocenters. The summed E-state index contributed by atoms with van der Waals surface area (Å²) in [5.41, 5.74) is 0. The number of hydrogen-bond donors (Lipinski definition) is 0. The monoisotopic (exact) mass is 225 g/mol. The average molecular weight is 225 g/mol. The van der Waals surface area contributed by atoms with Crippen LogP contribution in [-0.2, 0) is 20.8 Å². The maximum atomic E-state index is 11.4. The third-order valence-corrected chi connectivity index (χ3v) is 5.20. The number of nitrogens with zero attached hydrogens (tertiary/aromatic N) is 1. The van der Waals surface area contributed by atoms with Gasteiger partial charge in [-0.05, 0) is 6.42 Å². The second kappa shape index (κ2) is 4.52. The Labute approximate surface area is 81.8 Å². The van der Waals surface area contributed by atoms with E-state index in [-0.39, 0.29) is 11.5 Å². The molecule has 13 heavy (non-hydrogen) atoms. The van der Waals surface area contributed by atoms with Crippen molar-refractivity contribution in [2.75, 3.05) is 30.3 Å². The molecule has 4 nitrogen and oxygen atoms in total. The van der Waals surface area contributed by atoms with E-state index < -0.39 is 20.8 Å². The molecule has 0 spiro atoms. The van der Waals surface area contributed by atoms with Crippen LogP contribution in [0.1, 0.15) is 13.3 Å². The van der Waals surface area contributed by atoms with E-state index in [1.807, 2.05) is 6.92 Å². The van der Waals surface area contributed by atoms with Gasteiger partial charge in [0.05, 0.1) is 22.5 Å². The minimum absolute atomic E-state index is 0.152. The fourth-order valence-corrected chi connectivity index (χ4v) is 3.68. The molecule has 0 bridgehead atoms. The van der Waals surface area contributed by atoms with Crippen molar-refractivity contribution in [3.63, 3.8) is 0 Å². The molecule has 1 saturated heterocycles. The Kier molecular flexibility index (Phi) is 3.87. The molecule has 78 valence electrons. The van der Waals surface area contributed by atoms with E-state index in [1.165, 1.54) is 0 Å². The summed E-state index contributed by atoms with van der Waals surface area (Å²) in [6, 6.07) is 0. The molecule has 0 aromatic heterocycles. The van der Waals surface area contributed by atoms with Crippen molar-refractivity contribution in [2.24, 2.45) is 0 Å². The maximum Gasteiger partial charge on any atom is 0.151 e. The normalized spacial score (nSPS) is 26.5. The number of sulfone groups is 1. The molecular formula is C7H15NO3S2. The lowest BCUT2D eigenvalue weighted by Crippen LogP contribution is -2.30. The van der Waals surface area contributed by atoms with Crippen LogP contribution in [0, 0.1) is 0 Å². The van der Waals surface area contributed by atoms with Gasteiger partial charge in [-0.2, -0.15) is 0 Å². The molecule has 0 saturated carbocycles. The molecule has 1 fully saturated rings. The molecule has 1 aliphatic heterocycles. The van der Waals surface area contributed by atoms with Crippen LogP contribution in [0.15, 0.2) is 0 Å². The molecular weight excluding hydrogens is 210 g/mol. The standard InChI is InChI=1S/C7H15NO3S2/c1-2-12(9)8-4-3-6-13(10,11)7-5-8/h2-7H2,1H3. The fraction of sp³-hybridized carbons (Fsp3) is 1.00. The topological polar surface area (TPSA) is 54.5 Å². The predicted molar refractivity (Wildman–Crippen MR) is 53.5 cm³/mol. The molecule has 6 heteroatoms. The highest BCUT2D eigenvalue weighted by molar-refractivity contribution is 7.91. The first-order chi connectivity index (χ1) is 6.05. The Hall–Kier alpha value is 0.0600. The number of hydrogen-bond acceptors (Lipinski definition) is 3. The van der Waals surface area contributed by atoms with Crippen LogP contribution < -0.4 is 0 Å². The highest BCUT2D eigenvalue weighted by Gasteiger charge is 2.21. The molecule has 0 aromatic carbocycles. The lowest BCUT2D eigenvalue weighted by Gasteiger charge is -2.16.